The van der Waals surface area contributed by atoms with Gasteiger partial charge in [-0.15, -0.1) is 0 Å². The average Bonchev–Trinajstić information content (AvgIpc) is 3.40. The van der Waals surface area contributed by atoms with Gasteiger partial charge in [0.2, 0.25) is 0 Å². The number of hydrogen-bond acceptors (Lipinski definition) is 4. The van der Waals surface area contributed by atoms with E-state index in [2.05, 4.69) is 40.7 Å². The normalized spacial score (nSPS) is 19.2. The van der Waals surface area contributed by atoms with Crippen molar-refractivity contribution >= 4 is 27.8 Å². The zero-order valence-corrected chi connectivity index (χ0v) is 19.5. The third-order valence-electron chi connectivity index (χ3n) is 6.76. The van der Waals surface area contributed by atoms with E-state index < -0.39 is 17.5 Å². The minimum absolute atomic E-state index is 0.00583. The first kappa shape index (κ1) is 22.6. The number of nitrogens with one attached hydrogen (secondary N) is 1. The number of aromatic amines is 1. The molecule has 7 nitrogen and oxygen atoms in total. The van der Waals surface area contributed by atoms with Crippen LogP contribution in [0.5, 0.6) is 0 Å². The predicted molar refractivity (Wildman–Crippen MR) is 127 cm³/mol. The van der Waals surface area contributed by atoms with Crippen LogP contribution in [0.3, 0.4) is 0 Å². The van der Waals surface area contributed by atoms with Gasteiger partial charge < -0.3 is 19.1 Å². The van der Waals surface area contributed by atoms with Crippen LogP contribution in [-0.2, 0) is 19.7 Å². The average molecular weight is 466 g/mol. The third-order valence-corrected chi connectivity index (χ3v) is 6.76. The summed E-state index contributed by atoms with van der Waals surface area (Å²) in [6, 6.07) is 10.7. The van der Waals surface area contributed by atoms with Gasteiger partial charge in [0, 0.05) is 40.6 Å². The summed E-state index contributed by atoms with van der Waals surface area (Å²) in [4.78, 5) is 11.5. The van der Waals surface area contributed by atoms with E-state index >= 15 is 0 Å². The van der Waals surface area contributed by atoms with Crippen molar-refractivity contribution in [3.05, 3.63) is 59.7 Å². The Hall–Kier alpha value is -3.23. The van der Waals surface area contributed by atoms with Gasteiger partial charge in [0.25, 0.3) is 0 Å². The molecule has 2 N–H and O–H groups in total. The fraction of sp³-hybridized carbons (Fsp3) is 0.385. The summed E-state index contributed by atoms with van der Waals surface area (Å²) >= 11 is 0. The number of carboxylic acid groups (broad SMARTS) is 1. The van der Waals surface area contributed by atoms with Crippen LogP contribution in [-0.4, -0.2) is 52.3 Å². The highest BCUT2D eigenvalue weighted by molar-refractivity contribution is 5.99. The van der Waals surface area contributed by atoms with Crippen molar-refractivity contribution in [1.82, 2.24) is 14.8 Å². The molecule has 34 heavy (non-hydrogen) atoms. The lowest BCUT2D eigenvalue weighted by Crippen LogP contribution is -2.33. The molecule has 0 bridgehead atoms. The minimum atomic E-state index is -0.925. The lowest BCUT2D eigenvalue weighted by molar-refractivity contribution is -0.153. The summed E-state index contributed by atoms with van der Waals surface area (Å²) in [5.41, 5.74) is 4.52. The minimum Gasteiger partial charge on any atom is -0.479 e. The number of carbonyl (C=O) groups is 1. The van der Waals surface area contributed by atoms with Crippen molar-refractivity contribution in [2.75, 3.05) is 20.3 Å². The van der Waals surface area contributed by atoms with E-state index in [9.17, 15) is 14.3 Å². The van der Waals surface area contributed by atoms with Crippen molar-refractivity contribution in [2.24, 2.45) is 0 Å². The number of carboxylic acids is 1. The van der Waals surface area contributed by atoms with Crippen molar-refractivity contribution in [3.63, 3.8) is 0 Å². The van der Waals surface area contributed by atoms with E-state index in [1.165, 1.54) is 12.1 Å². The number of ether oxygens (including phenoxy) is 2. The Morgan fingerprint density at radius 2 is 2.06 bits per heavy atom. The van der Waals surface area contributed by atoms with Gasteiger partial charge in [-0.2, -0.15) is 5.10 Å². The highest BCUT2D eigenvalue weighted by atomic mass is 19.1. The second kappa shape index (κ2) is 8.52. The quantitative estimate of drug-likeness (QED) is 0.422. The Balaban J connectivity index is 1.81. The van der Waals surface area contributed by atoms with Gasteiger partial charge in [-0.1, -0.05) is 13.8 Å². The second-order valence-electron chi connectivity index (χ2n) is 9.65. The molecule has 0 spiro atoms. The molecule has 1 fully saturated rings. The predicted octanol–water partition coefficient (Wildman–Crippen LogP) is 4.92. The molecule has 2 atom stereocenters. The fourth-order valence-corrected chi connectivity index (χ4v) is 5.29. The van der Waals surface area contributed by atoms with Crippen LogP contribution in [0.15, 0.2) is 42.6 Å². The van der Waals surface area contributed by atoms with Gasteiger partial charge in [0.05, 0.1) is 30.4 Å². The summed E-state index contributed by atoms with van der Waals surface area (Å²) in [5.74, 6) is -1.21. The molecular formula is C26H28FN3O4. The summed E-state index contributed by atoms with van der Waals surface area (Å²) in [5, 5.41) is 18.7. The Kier molecular flexibility index (Phi) is 5.65. The lowest BCUT2D eigenvalue weighted by atomic mass is 9.80. The highest BCUT2D eigenvalue weighted by Crippen LogP contribution is 2.44. The molecule has 0 aliphatic carbocycles. The van der Waals surface area contributed by atoms with Crippen LogP contribution >= 0.6 is 0 Å². The number of halogens is 1. The largest absolute Gasteiger partial charge is 0.479 e. The Labute approximate surface area is 196 Å². The SMILES string of the molecule is COCC(C)(C)c1c([C@H]2CC[C@H](C(=O)O)OC2)c2cc3[nH]ncc3cc2n1-c1ccc(F)cc1. The molecule has 1 saturated heterocycles. The molecule has 0 unspecified atom stereocenters. The molecule has 178 valence electrons. The fourth-order valence-electron chi connectivity index (χ4n) is 5.29. The number of aromatic nitrogens is 3. The molecule has 2 aromatic carbocycles. The van der Waals surface area contributed by atoms with Crippen molar-refractivity contribution in [1.29, 1.82) is 0 Å². The molecule has 8 heteroatoms. The summed E-state index contributed by atoms with van der Waals surface area (Å²) < 4.78 is 27.4. The summed E-state index contributed by atoms with van der Waals surface area (Å²) in [7, 11) is 1.68. The number of hydrogen-bond donors (Lipinski definition) is 2. The van der Waals surface area contributed by atoms with E-state index in [-0.39, 0.29) is 11.7 Å². The molecule has 5 rings (SSSR count). The highest BCUT2D eigenvalue weighted by Gasteiger charge is 2.37. The maximum atomic E-state index is 13.8. The molecule has 1 aliphatic rings. The lowest BCUT2D eigenvalue weighted by Gasteiger charge is -2.32. The van der Waals surface area contributed by atoms with Crippen LogP contribution < -0.4 is 0 Å². The number of H-pyrrole nitrogens is 1. The van der Waals surface area contributed by atoms with Crippen LogP contribution in [0.1, 0.15) is 43.9 Å². The zero-order valence-electron chi connectivity index (χ0n) is 19.5. The van der Waals surface area contributed by atoms with Crippen molar-refractivity contribution in [2.45, 2.75) is 44.1 Å². The number of methoxy groups -OCH3 is 1. The molecule has 0 saturated carbocycles. The molecular weight excluding hydrogens is 437 g/mol. The molecule has 4 aromatic rings. The van der Waals surface area contributed by atoms with E-state index in [0.717, 1.165) is 38.8 Å². The van der Waals surface area contributed by atoms with Crippen molar-refractivity contribution in [3.8, 4) is 5.69 Å². The molecule has 3 heterocycles. The van der Waals surface area contributed by atoms with E-state index in [1.54, 1.807) is 25.4 Å². The van der Waals surface area contributed by atoms with Gasteiger partial charge >= 0.3 is 5.97 Å². The molecule has 2 aromatic heterocycles. The summed E-state index contributed by atoms with van der Waals surface area (Å²) in [6.45, 7) is 5.05. The van der Waals surface area contributed by atoms with Crippen LogP contribution in [0.4, 0.5) is 4.39 Å². The first-order valence-electron chi connectivity index (χ1n) is 11.4. The molecule has 0 amide bonds. The van der Waals surface area contributed by atoms with Gasteiger partial charge in [0.1, 0.15) is 5.82 Å². The summed E-state index contributed by atoms with van der Waals surface area (Å²) in [6.07, 6.45) is 2.14. The van der Waals surface area contributed by atoms with Gasteiger partial charge in [0.15, 0.2) is 6.10 Å². The smallest absolute Gasteiger partial charge is 0.332 e. The van der Waals surface area contributed by atoms with Crippen molar-refractivity contribution < 1.29 is 23.8 Å². The first-order valence-corrected chi connectivity index (χ1v) is 11.4. The Morgan fingerprint density at radius 3 is 2.71 bits per heavy atom. The number of benzene rings is 2. The number of aliphatic carboxylic acids is 1. The monoisotopic (exact) mass is 465 g/mol. The maximum Gasteiger partial charge on any atom is 0.332 e. The second-order valence-corrected chi connectivity index (χ2v) is 9.65. The van der Waals surface area contributed by atoms with Gasteiger partial charge in [-0.3, -0.25) is 5.10 Å². The standard InChI is InChI=1S/C26H28FN3O4/c1-26(2,14-33-3)24-23(15-4-9-22(25(31)32)34-13-15)19-11-20-16(12-28-29-20)10-21(19)30(24)18-7-5-17(27)6-8-18/h5-8,10-12,15,22H,4,9,13-14H2,1-3H3,(H,28,29)(H,31,32)/t15-,22+/m0/s1. The van der Waals surface area contributed by atoms with E-state index in [4.69, 9.17) is 9.47 Å². The maximum absolute atomic E-state index is 13.8. The van der Waals surface area contributed by atoms with Crippen LogP contribution in [0.25, 0.3) is 27.5 Å². The molecule has 0 radical (unpaired) electrons. The van der Waals surface area contributed by atoms with Gasteiger partial charge in [-0.25, -0.2) is 9.18 Å². The Bertz CT molecular complexity index is 1350. The third kappa shape index (κ3) is 3.76. The first-order chi connectivity index (χ1) is 16.3. The number of fused-ring (bicyclic) bond motifs is 2. The van der Waals surface area contributed by atoms with Crippen LogP contribution in [0, 0.1) is 5.82 Å². The van der Waals surface area contributed by atoms with E-state index in [0.29, 0.717) is 26.1 Å². The zero-order chi connectivity index (χ0) is 24.0. The van der Waals surface area contributed by atoms with Gasteiger partial charge in [-0.05, 0) is 54.8 Å². The molecule has 1 aliphatic heterocycles. The topological polar surface area (TPSA) is 89.4 Å². The number of rotatable bonds is 6. The van der Waals surface area contributed by atoms with Crippen LogP contribution in [0.2, 0.25) is 0 Å². The number of nitrogens with zero attached hydrogens (tertiary/aromatic N) is 2. The Morgan fingerprint density at radius 1 is 1.29 bits per heavy atom. The van der Waals surface area contributed by atoms with E-state index in [1.807, 2.05) is 0 Å².